The van der Waals surface area contributed by atoms with Crippen LogP contribution in [-0.2, 0) is 0 Å². The van der Waals surface area contributed by atoms with Gasteiger partial charge in [0.25, 0.3) is 0 Å². The Kier molecular flexibility index (Phi) is 4.85. The Labute approximate surface area is 162 Å². The summed E-state index contributed by atoms with van der Waals surface area (Å²) in [5.74, 6) is 0.790. The second-order valence-electron chi connectivity index (χ2n) is 6.18. The lowest BCUT2D eigenvalue weighted by atomic mass is 10.0. The number of benzene rings is 3. The third-order valence-electron chi connectivity index (χ3n) is 4.36. The molecule has 3 aromatic carbocycles. The molecule has 0 saturated carbocycles. The van der Waals surface area contributed by atoms with Crippen LogP contribution >= 0.6 is 11.3 Å². The Morgan fingerprint density at radius 2 is 1.85 bits per heavy atom. The van der Waals surface area contributed by atoms with Gasteiger partial charge in [-0.2, -0.15) is 5.10 Å². The highest BCUT2D eigenvalue weighted by molar-refractivity contribution is 7.14. The van der Waals surface area contributed by atoms with E-state index in [4.69, 9.17) is 4.74 Å². The largest absolute Gasteiger partial charge is 0.496 e. The van der Waals surface area contributed by atoms with Crippen LogP contribution in [0.15, 0.2) is 71.1 Å². The molecule has 0 atom stereocenters. The summed E-state index contributed by atoms with van der Waals surface area (Å²) in [5.41, 5.74) is 7.26. The van der Waals surface area contributed by atoms with Crippen LogP contribution in [0.4, 0.5) is 5.13 Å². The fraction of sp³-hybridized carbons (Fsp3) is 0.0909. The Bertz CT molecular complexity index is 1100. The maximum Gasteiger partial charge on any atom is 0.203 e. The van der Waals surface area contributed by atoms with Crippen LogP contribution in [-0.4, -0.2) is 18.3 Å². The zero-order valence-corrected chi connectivity index (χ0v) is 16.0. The van der Waals surface area contributed by atoms with Gasteiger partial charge in [-0.05, 0) is 23.8 Å². The maximum absolute atomic E-state index is 5.50. The van der Waals surface area contributed by atoms with Crippen molar-refractivity contribution in [2.75, 3.05) is 12.5 Å². The van der Waals surface area contributed by atoms with Crippen molar-refractivity contribution in [3.63, 3.8) is 0 Å². The molecule has 134 valence electrons. The second kappa shape index (κ2) is 7.60. The molecule has 0 saturated heterocycles. The number of rotatable bonds is 5. The van der Waals surface area contributed by atoms with Gasteiger partial charge in [0.1, 0.15) is 5.75 Å². The van der Waals surface area contributed by atoms with Crippen LogP contribution < -0.4 is 10.2 Å². The highest BCUT2D eigenvalue weighted by Gasteiger charge is 2.07. The minimum Gasteiger partial charge on any atom is -0.496 e. The van der Waals surface area contributed by atoms with Crippen LogP contribution in [0.2, 0.25) is 0 Å². The van der Waals surface area contributed by atoms with Crippen molar-refractivity contribution in [3.8, 4) is 17.0 Å². The van der Waals surface area contributed by atoms with Crippen LogP contribution in [0.3, 0.4) is 0 Å². The van der Waals surface area contributed by atoms with Crippen molar-refractivity contribution in [3.05, 3.63) is 77.2 Å². The van der Waals surface area contributed by atoms with Crippen molar-refractivity contribution in [1.82, 2.24) is 4.98 Å². The molecule has 4 aromatic rings. The van der Waals surface area contributed by atoms with Gasteiger partial charge >= 0.3 is 0 Å². The number of methoxy groups -OCH3 is 1. The molecule has 1 aromatic heterocycles. The standard InChI is InChI=1S/C22H19N3OS/c1-15-7-9-17(10-8-15)20-14-27-22(24-20)25-23-13-19-18-6-4-3-5-16(18)11-12-21(19)26-2/h3-14H,1-2H3,(H,24,25)/b23-13-. The predicted molar refractivity (Wildman–Crippen MR) is 114 cm³/mol. The lowest BCUT2D eigenvalue weighted by Crippen LogP contribution is -1.95. The van der Waals surface area contributed by atoms with Gasteiger partial charge in [0, 0.05) is 16.5 Å². The van der Waals surface area contributed by atoms with E-state index in [1.165, 1.54) is 16.9 Å². The fourth-order valence-corrected chi connectivity index (χ4v) is 3.59. The van der Waals surface area contributed by atoms with Gasteiger partial charge in [-0.25, -0.2) is 4.98 Å². The van der Waals surface area contributed by atoms with E-state index in [9.17, 15) is 0 Å². The number of anilines is 1. The SMILES string of the molecule is COc1ccc2ccccc2c1/C=N\Nc1nc(-c2ccc(C)cc2)cs1. The maximum atomic E-state index is 5.50. The Hall–Kier alpha value is -3.18. The smallest absolute Gasteiger partial charge is 0.203 e. The van der Waals surface area contributed by atoms with Crippen molar-refractivity contribution in [2.45, 2.75) is 6.92 Å². The molecule has 1 N–H and O–H groups in total. The number of ether oxygens (including phenoxy) is 1. The molecule has 0 bridgehead atoms. The van der Waals surface area contributed by atoms with E-state index in [-0.39, 0.29) is 0 Å². The molecule has 0 radical (unpaired) electrons. The molecular formula is C22H19N3OS. The molecule has 4 nitrogen and oxygen atoms in total. The van der Waals surface area contributed by atoms with Gasteiger partial charge in [-0.3, -0.25) is 5.43 Å². The molecule has 1 heterocycles. The summed E-state index contributed by atoms with van der Waals surface area (Å²) in [5, 5.41) is 9.41. The summed E-state index contributed by atoms with van der Waals surface area (Å²) in [6.07, 6.45) is 1.79. The van der Waals surface area contributed by atoms with E-state index in [0.29, 0.717) is 0 Å². The van der Waals surface area contributed by atoms with E-state index < -0.39 is 0 Å². The number of nitrogens with one attached hydrogen (secondary N) is 1. The molecule has 0 aliphatic rings. The average molecular weight is 373 g/mol. The van der Waals surface area contributed by atoms with Gasteiger partial charge in [0.2, 0.25) is 5.13 Å². The third-order valence-corrected chi connectivity index (χ3v) is 5.10. The van der Waals surface area contributed by atoms with Crippen molar-refractivity contribution in [1.29, 1.82) is 0 Å². The number of thiazole rings is 1. The highest BCUT2D eigenvalue weighted by atomic mass is 32.1. The monoisotopic (exact) mass is 373 g/mol. The normalized spacial score (nSPS) is 11.2. The molecule has 0 aliphatic carbocycles. The highest BCUT2D eigenvalue weighted by Crippen LogP contribution is 2.27. The topological polar surface area (TPSA) is 46.5 Å². The quantitative estimate of drug-likeness (QED) is 0.359. The van der Waals surface area contributed by atoms with Crippen LogP contribution in [0, 0.1) is 6.92 Å². The van der Waals surface area contributed by atoms with Crippen LogP contribution in [0.25, 0.3) is 22.0 Å². The minimum absolute atomic E-state index is 0.751. The first-order valence-corrected chi connectivity index (χ1v) is 9.50. The average Bonchev–Trinajstić information content (AvgIpc) is 3.17. The molecule has 0 fully saturated rings. The van der Waals surface area contributed by atoms with Gasteiger partial charge in [0.05, 0.1) is 19.0 Å². The van der Waals surface area contributed by atoms with Crippen LogP contribution in [0.1, 0.15) is 11.1 Å². The zero-order chi connectivity index (χ0) is 18.6. The second-order valence-corrected chi connectivity index (χ2v) is 7.03. The molecule has 0 unspecified atom stereocenters. The first kappa shape index (κ1) is 17.2. The lowest BCUT2D eigenvalue weighted by molar-refractivity contribution is 0.415. The molecular weight excluding hydrogens is 354 g/mol. The van der Waals surface area contributed by atoms with Gasteiger partial charge in [-0.1, -0.05) is 60.2 Å². The Morgan fingerprint density at radius 3 is 2.67 bits per heavy atom. The number of aromatic nitrogens is 1. The fourth-order valence-electron chi connectivity index (χ4n) is 2.92. The summed E-state index contributed by atoms with van der Waals surface area (Å²) in [7, 11) is 1.67. The minimum atomic E-state index is 0.751. The van der Waals surface area contributed by atoms with Crippen LogP contribution in [0.5, 0.6) is 5.75 Å². The van der Waals surface area contributed by atoms with E-state index in [1.54, 1.807) is 13.3 Å². The third kappa shape index (κ3) is 3.68. The molecule has 0 aliphatic heterocycles. The van der Waals surface area contributed by atoms with E-state index >= 15 is 0 Å². The lowest BCUT2D eigenvalue weighted by Gasteiger charge is -2.08. The first-order valence-electron chi connectivity index (χ1n) is 8.62. The number of fused-ring (bicyclic) bond motifs is 1. The summed E-state index contributed by atoms with van der Waals surface area (Å²) in [6, 6.07) is 20.5. The summed E-state index contributed by atoms with van der Waals surface area (Å²) in [6.45, 7) is 2.08. The number of aryl methyl sites for hydroxylation is 1. The molecule has 5 heteroatoms. The Balaban J connectivity index is 1.57. The number of hydrogen-bond acceptors (Lipinski definition) is 5. The van der Waals surface area contributed by atoms with Gasteiger partial charge in [-0.15, -0.1) is 11.3 Å². The van der Waals surface area contributed by atoms with E-state index in [0.717, 1.165) is 38.5 Å². The van der Waals surface area contributed by atoms with Gasteiger partial charge in [0.15, 0.2) is 0 Å². The van der Waals surface area contributed by atoms with E-state index in [2.05, 4.69) is 58.8 Å². The van der Waals surface area contributed by atoms with Crippen molar-refractivity contribution < 1.29 is 4.74 Å². The number of hydrogen-bond donors (Lipinski definition) is 1. The predicted octanol–water partition coefficient (Wildman–Crippen LogP) is 5.73. The molecule has 4 rings (SSSR count). The van der Waals surface area contributed by atoms with Crippen molar-refractivity contribution >= 4 is 33.5 Å². The number of hydrazone groups is 1. The van der Waals surface area contributed by atoms with E-state index in [1.807, 2.05) is 29.6 Å². The number of nitrogens with zero attached hydrogens (tertiary/aromatic N) is 2. The first-order chi connectivity index (χ1) is 13.2. The zero-order valence-electron chi connectivity index (χ0n) is 15.1. The molecule has 27 heavy (non-hydrogen) atoms. The van der Waals surface area contributed by atoms with Gasteiger partial charge < -0.3 is 4.74 Å². The Morgan fingerprint density at radius 1 is 1.04 bits per heavy atom. The molecule has 0 spiro atoms. The summed E-state index contributed by atoms with van der Waals surface area (Å²) < 4.78 is 5.50. The van der Waals surface area contributed by atoms with Crippen molar-refractivity contribution in [2.24, 2.45) is 5.10 Å². The molecule has 0 amide bonds. The summed E-state index contributed by atoms with van der Waals surface area (Å²) in [4.78, 5) is 4.61. The summed E-state index contributed by atoms with van der Waals surface area (Å²) >= 11 is 1.53.